The second-order valence-corrected chi connectivity index (χ2v) is 3.11. The van der Waals surface area contributed by atoms with Gasteiger partial charge < -0.3 is 4.74 Å². The molecule has 0 spiro atoms. The fourth-order valence-electron chi connectivity index (χ4n) is 1.22. The summed E-state index contributed by atoms with van der Waals surface area (Å²) < 4.78 is 5.48. The maximum atomic E-state index is 6.00. The molecule has 1 atom stereocenters. The molecule has 0 aliphatic carbocycles. The molecule has 0 bridgehead atoms. The Morgan fingerprint density at radius 3 is 2.00 bits per heavy atom. The van der Waals surface area contributed by atoms with Crippen LogP contribution in [0.4, 0.5) is 0 Å². The Kier molecular flexibility index (Phi) is 3.86. The van der Waals surface area contributed by atoms with Gasteiger partial charge in [0.1, 0.15) is 0 Å². The van der Waals surface area contributed by atoms with Gasteiger partial charge in [0, 0.05) is 6.42 Å². The lowest BCUT2D eigenvalue weighted by Crippen LogP contribution is -2.45. The second kappa shape index (κ2) is 3.91. The molecule has 0 amide bonds. The number of hydrogen-bond donors (Lipinski definition) is 2. The van der Waals surface area contributed by atoms with Crippen molar-refractivity contribution in [1.29, 1.82) is 0 Å². The first-order chi connectivity index (χ1) is 4.64. The van der Waals surface area contributed by atoms with Crippen LogP contribution in [0, 0.1) is 0 Å². The summed E-state index contributed by atoms with van der Waals surface area (Å²) >= 11 is 0. The maximum Gasteiger partial charge on any atom is 0.0655 e. The van der Waals surface area contributed by atoms with E-state index in [2.05, 4.69) is 20.8 Å². The number of ether oxygens (including phenoxy) is 1. The van der Waals surface area contributed by atoms with Gasteiger partial charge in [-0.1, -0.05) is 6.92 Å². The molecule has 1 fully saturated rings. The summed E-state index contributed by atoms with van der Waals surface area (Å²) in [6.45, 7) is 6.44. The Balaban J connectivity index is 0.000000371. The molecule has 0 aromatic heterocycles. The third-order valence-corrected chi connectivity index (χ3v) is 1.66. The summed E-state index contributed by atoms with van der Waals surface area (Å²) in [7, 11) is 0. The fourth-order valence-corrected chi connectivity index (χ4v) is 1.22. The first kappa shape index (κ1) is 9.88. The van der Waals surface area contributed by atoms with Gasteiger partial charge >= 0.3 is 0 Å². The van der Waals surface area contributed by atoms with Gasteiger partial charge in [-0.15, -0.1) is 0 Å². The molecule has 10 heavy (non-hydrogen) atoms. The standard InChI is InChI=1S/C7H14O.H2O2/c1-4-6-5-7(2,3)8-6;1-2/h6H,4-5H2,1-3H3;1-2H. The topological polar surface area (TPSA) is 49.7 Å². The molecule has 1 saturated heterocycles. The number of hydrogen-bond acceptors (Lipinski definition) is 3. The van der Waals surface area contributed by atoms with Crippen molar-refractivity contribution in [3.63, 3.8) is 0 Å². The summed E-state index contributed by atoms with van der Waals surface area (Å²) in [4.78, 5) is 0. The van der Waals surface area contributed by atoms with Crippen molar-refractivity contribution in [2.24, 2.45) is 0 Å². The van der Waals surface area contributed by atoms with Gasteiger partial charge in [-0.05, 0) is 20.3 Å². The molecule has 1 rings (SSSR count). The average molecular weight is 148 g/mol. The lowest BCUT2D eigenvalue weighted by molar-refractivity contribution is -0.184. The summed E-state index contributed by atoms with van der Waals surface area (Å²) in [5.41, 5.74) is 0.195. The molecule has 1 aliphatic rings. The Bertz CT molecular complexity index is 82.9. The van der Waals surface area contributed by atoms with Crippen LogP contribution in [0.1, 0.15) is 33.6 Å². The van der Waals surface area contributed by atoms with Crippen LogP contribution in [-0.2, 0) is 4.74 Å². The van der Waals surface area contributed by atoms with Crippen molar-refractivity contribution in [2.75, 3.05) is 0 Å². The summed E-state index contributed by atoms with van der Waals surface area (Å²) in [6, 6.07) is 0. The normalized spacial score (nSPS) is 27.9. The SMILES string of the molecule is CCC1CC(C)(C)O1.OO. The van der Waals surface area contributed by atoms with Gasteiger partial charge in [0.05, 0.1) is 11.7 Å². The van der Waals surface area contributed by atoms with Crippen LogP contribution >= 0.6 is 0 Å². The molecule has 3 nitrogen and oxygen atoms in total. The summed E-state index contributed by atoms with van der Waals surface area (Å²) in [5, 5.41) is 12.0. The van der Waals surface area contributed by atoms with E-state index in [1.54, 1.807) is 0 Å². The van der Waals surface area contributed by atoms with Gasteiger partial charge in [0.15, 0.2) is 0 Å². The van der Waals surface area contributed by atoms with Crippen LogP contribution in [0.15, 0.2) is 0 Å². The molecular weight excluding hydrogens is 132 g/mol. The van der Waals surface area contributed by atoms with E-state index >= 15 is 0 Å². The average Bonchev–Trinajstić information content (AvgIpc) is 1.87. The lowest BCUT2D eigenvalue weighted by atomic mass is 9.92. The van der Waals surface area contributed by atoms with Gasteiger partial charge in [-0.25, -0.2) is 0 Å². The van der Waals surface area contributed by atoms with E-state index in [0.29, 0.717) is 6.10 Å². The summed E-state index contributed by atoms with van der Waals surface area (Å²) in [5.74, 6) is 0. The van der Waals surface area contributed by atoms with E-state index in [0.717, 1.165) is 0 Å². The second-order valence-electron chi connectivity index (χ2n) is 3.11. The highest BCUT2D eigenvalue weighted by atomic mass is 17.0. The highest BCUT2D eigenvalue weighted by molar-refractivity contribution is 4.84. The Morgan fingerprint density at radius 2 is 1.90 bits per heavy atom. The van der Waals surface area contributed by atoms with Crippen LogP contribution in [-0.4, -0.2) is 22.2 Å². The Hall–Kier alpha value is -0.120. The van der Waals surface area contributed by atoms with E-state index in [1.165, 1.54) is 12.8 Å². The zero-order chi connectivity index (χ0) is 8.20. The maximum absolute atomic E-state index is 6.00. The Morgan fingerprint density at radius 1 is 1.50 bits per heavy atom. The van der Waals surface area contributed by atoms with Gasteiger partial charge in [-0.3, -0.25) is 10.5 Å². The highest BCUT2D eigenvalue weighted by Crippen LogP contribution is 2.32. The summed E-state index contributed by atoms with van der Waals surface area (Å²) in [6.07, 6.45) is 2.97. The largest absolute Gasteiger partial charge is 0.372 e. The van der Waals surface area contributed by atoms with Crippen molar-refractivity contribution >= 4 is 0 Å². The van der Waals surface area contributed by atoms with Crippen LogP contribution < -0.4 is 0 Å². The van der Waals surface area contributed by atoms with Gasteiger partial charge in [-0.2, -0.15) is 0 Å². The molecule has 3 heteroatoms. The molecule has 1 aliphatic heterocycles. The third-order valence-electron chi connectivity index (χ3n) is 1.66. The molecule has 62 valence electrons. The molecule has 0 aromatic carbocycles. The van der Waals surface area contributed by atoms with Crippen LogP contribution in [0.2, 0.25) is 0 Å². The molecule has 0 aromatic rings. The van der Waals surface area contributed by atoms with Gasteiger partial charge in [0.2, 0.25) is 0 Å². The van der Waals surface area contributed by atoms with Crippen molar-refractivity contribution in [3.05, 3.63) is 0 Å². The van der Waals surface area contributed by atoms with Crippen LogP contribution in [0.25, 0.3) is 0 Å². The van der Waals surface area contributed by atoms with E-state index < -0.39 is 0 Å². The predicted octanol–water partition coefficient (Wildman–Crippen LogP) is 1.98. The number of rotatable bonds is 1. The third kappa shape index (κ3) is 2.64. The molecular formula is C7H16O3. The van der Waals surface area contributed by atoms with Crippen LogP contribution in [0.5, 0.6) is 0 Å². The predicted molar refractivity (Wildman–Crippen MR) is 39.1 cm³/mol. The molecule has 2 N–H and O–H groups in total. The van der Waals surface area contributed by atoms with Gasteiger partial charge in [0.25, 0.3) is 0 Å². The minimum Gasteiger partial charge on any atom is -0.372 e. The van der Waals surface area contributed by atoms with Crippen LogP contribution in [0.3, 0.4) is 0 Å². The zero-order valence-corrected chi connectivity index (χ0v) is 6.79. The minimum atomic E-state index is 0.195. The van der Waals surface area contributed by atoms with Crippen molar-refractivity contribution in [1.82, 2.24) is 0 Å². The molecule has 1 heterocycles. The van der Waals surface area contributed by atoms with E-state index in [-0.39, 0.29) is 5.60 Å². The smallest absolute Gasteiger partial charge is 0.0655 e. The first-order valence-corrected chi connectivity index (χ1v) is 3.52. The fraction of sp³-hybridized carbons (Fsp3) is 1.00. The molecule has 0 radical (unpaired) electrons. The highest BCUT2D eigenvalue weighted by Gasteiger charge is 2.35. The van der Waals surface area contributed by atoms with E-state index in [4.69, 9.17) is 15.3 Å². The molecule has 1 unspecified atom stereocenters. The molecule has 0 saturated carbocycles. The van der Waals surface area contributed by atoms with E-state index in [9.17, 15) is 0 Å². The van der Waals surface area contributed by atoms with E-state index in [1.807, 2.05) is 0 Å². The van der Waals surface area contributed by atoms with Crippen molar-refractivity contribution < 1.29 is 15.3 Å². The Labute approximate surface area is 61.6 Å². The minimum absolute atomic E-state index is 0.195. The lowest BCUT2D eigenvalue weighted by Gasteiger charge is -2.42. The zero-order valence-electron chi connectivity index (χ0n) is 6.79. The first-order valence-electron chi connectivity index (χ1n) is 3.52. The monoisotopic (exact) mass is 148 g/mol. The quantitative estimate of drug-likeness (QED) is 0.441. The van der Waals surface area contributed by atoms with Crippen molar-refractivity contribution in [2.45, 2.75) is 45.3 Å². The van der Waals surface area contributed by atoms with Crippen molar-refractivity contribution in [3.8, 4) is 0 Å².